The minimum Gasteiger partial charge on any atom is -0.313 e. The number of rotatable bonds is 6. The van der Waals surface area contributed by atoms with Crippen LogP contribution < -0.4 is 5.32 Å². The lowest BCUT2D eigenvalue weighted by Crippen LogP contribution is -2.48. The third-order valence-corrected chi connectivity index (χ3v) is 7.24. The molecule has 0 spiro atoms. The predicted molar refractivity (Wildman–Crippen MR) is 83.9 cm³/mol. The summed E-state index contributed by atoms with van der Waals surface area (Å²) >= 11 is 0. The van der Waals surface area contributed by atoms with E-state index in [1.807, 2.05) is 0 Å². The summed E-state index contributed by atoms with van der Waals surface area (Å²) in [5, 5.41) is 4.54. The van der Waals surface area contributed by atoms with E-state index in [0.717, 1.165) is 12.5 Å². The molecule has 0 saturated heterocycles. The van der Waals surface area contributed by atoms with Crippen molar-refractivity contribution in [2.24, 2.45) is 5.92 Å². The van der Waals surface area contributed by atoms with Crippen LogP contribution in [-0.4, -0.2) is 27.3 Å². The van der Waals surface area contributed by atoms with Crippen LogP contribution >= 0.6 is 0 Å². The van der Waals surface area contributed by atoms with Crippen molar-refractivity contribution in [3.05, 3.63) is 0 Å². The van der Waals surface area contributed by atoms with Gasteiger partial charge in [0.05, 0.1) is 5.25 Å². The Morgan fingerprint density at radius 2 is 1.84 bits per heavy atom. The van der Waals surface area contributed by atoms with Crippen molar-refractivity contribution in [3.63, 3.8) is 0 Å². The summed E-state index contributed by atoms with van der Waals surface area (Å²) in [4.78, 5) is 0. The predicted octanol–water partition coefficient (Wildman–Crippen LogP) is 3.62. The van der Waals surface area contributed by atoms with E-state index >= 15 is 0 Å². The molecular formula is C16H31NOS. The number of hydrogen-bond acceptors (Lipinski definition) is 2. The monoisotopic (exact) mass is 285 g/mol. The molecule has 19 heavy (non-hydrogen) atoms. The normalized spacial score (nSPS) is 34.5. The van der Waals surface area contributed by atoms with E-state index in [-0.39, 0.29) is 0 Å². The zero-order valence-electron chi connectivity index (χ0n) is 12.7. The molecule has 0 heterocycles. The molecule has 3 heteroatoms. The van der Waals surface area contributed by atoms with Crippen LogP contribution in [0.1, 0.15) is 71.6 Å². The topological polar surface area (TPSA) is 29.1 Å². The van der Waals surface area contributed by atoms with E-state index in [0.29, 0.717) is 16.5 Å². The third-order valence-electron chi connectivity index (χ3n) is 4.99. The molecule has 2 fully saturated rings. The molecule has 2 rings (SSSR count). The number of hydrogen-bond donors (Lipinski definition) is 1. The van der Waals surface area contributed by atoms with Crippen LogP contribution in [0.15, 0.2) is 0 Å². The van der Waals surface area contributed by atoms with Crippen LogP contribution in [0.25, 0.3) is 0 Å². The summed E-state index contributed by atoms with van der Waals surface area (Å²) in [5.41, 5.74) is 0. The first-order chi connectivity index (χ1) is 9.26. The van der Waals surface area contributed by atoms with Crippen molar-refractivity contribution in [1.29, 1.82) is 0 Å². The zero-order chi connectivity index (χ0) is 13.7. The molecule has 0 bridgehead atoms. The van der Waals surface area contributed by atoms with Gasteiger partial charge in [0.25, 0.3) is 0 Å². The second-order valence-corrected chi connectivity index (χ2v) is 8.33. The Morgan fingerprint density at radius 3 is 2.47 bits per heavy atom. The van der Waals surface area contributed by atoms with Gasteiger partial charge in [0, 0.05) is 22.1 Å². The Bertz CT molecular complexity index is 288. The van der Waals surface area contributed by atoms with Gasteiger partial charge in [-0.05, 0) is 44.6 Å². The van der Waals surface area contributed by atoms with Crippen LogP contribution in [-0.2, 0) is 10.8 Å². The van der Waals surface area contributed by atoms with Crippen LogP contribution in [0, 0.1) is 5.92 Å². The molecule has 4 atom stereocenters. The maximum Gasteiger partial charge on any atom is 0.0506 e. The molecule has 0 aliphatic heterocycles. The van der Waals surface area contributed by atoms with Gasteiger partial charge in [-0.1, -0.05) is 39.5 Å². The Kier molecular flexibility index (Phi) is 6.34. The highest BCUT2D eigenvalue weighted by atomic mass is 32.2. The summed E-state index contributed by atoms with van der Waals surface area (Å²) < 4.78 is 12.9. The summed E-state index contributed by atoms with van der Waals surface area (Å²) in [6.45, 7) is 5.47. The van der Waals surface area contributed by atoms with Gasteiger partial charge in [-0.25, -0.2) is 0 Å². The Balaban J connectivity index is 1.99. The lowest BCUT2D eigenvalue weighted by atomic mass is 9.83. The fourth-order valence-electron chi connectivity index (χ4n) is 4.00. The molecule has 2 nitrogen and oxygen atoms in total. The minimum atomic E-state index is -0.600. The van der Waals surface area contributed by atoms with Gasteiger partial charge in [0.2, 0.25) is 0 Å². The van der Waals surface area contributed by atoms with E-state index in [4.69, 9.17) is 0 Å². The van der Waals surface area contributed by atoms with Gasteiger partial charge >= 0.3 is 0 Å². The second-order valence-electron chi connectivity index (χ2n) is 6.41. The Morgan fingerprint density at radius 1 is 1.11 bits per heavy atom. The van der Waals surface area contributed by atoms with E-state index < -0.39 is 10.8 Å². The first kappa shape index (κ1) is 15.5. The number of nitrogens with one attached hydrogen (secondary N) is 1. The van der Waals surface area contributed by atoms with Crippen molar-refractivity contribution in [2.75, 3.05) is 6.54 Å². The molecule has 2 aliphatic rings. The van der Waals surface area contributed by atoms with Crippen LogP contribution in [0.3, 0.4) is 0 Å². The second kappa shape index (κ2) is 7.78. The van der Waals surface area contributed by atoms with Crippen molar-refractivity contribution in [3.8, 4) is 0 Å². The van der Waals surface area contributed by atoms with Crippen molar-refractivity contribution >= 4 is 10.8 Å². The van der Waals surface area contributed by atoms with Gasteiger partial charge in [-0.2, -0.15) is 0 Å². The first-order valence-electron chi connectivity index (χ1n) is 8.39. The van der Waals surface area contributed by atoms with Crippen LogP contribution in [0.2, 0.25) is 0 Å². The summed E-state index contributed by atoms with van der Waals surface area (Å²) in [6.07, 6.45) is 11.4. The lowest BCUT2D eigenvalue weighted by Gasteiger charge is -2.37. The third kappa shape index (κ3) is 4.04. The van der Waals surface area contributed by atoms with Crippen LogP contribution in [0.5, 0.6) is 0 Å². The van der Waals surface area contributed by atoms with Gasteiger partial charge in [-0.3, -0.25) is 4.21 Å². The first-order valence-corrected chi connectivity index (χ1v) is 9.66. The molecular weight excluding hydrogens is 254 g/mol. The molecule has 0 radical (unpaired) electrons. The highest BCUT2D eigenvalue weighted by Crippen LogP contribution is 2.35. The molecule has 0 aromatic rings. The molecule has 1 N–H and O–H groups in total. The van der Waals surface area contributed by atoms with Gasteiger partial charge < -0.3 is 5.32 Å². The summed E-state index contributed by atoms with van der Waals surface area (Å²) in [7, 11) is -0.600. The fourth-order valence-corrected chi connectivity index (χ4v) is 6.31. The molecule has 0 amide bonds. The van der Waals surface area contributed by atoms with E-state index in [1.165, 1.54) is 57.8 Å². The maximum atomic E-state index is 12.9. The molecule has 0 aromatic carbocycles. The quantitative estimate of drug-likeness (QED) is 0.807. The van der Waals surface area contributed by atoms with Crippen molar-refractivity contribution < 1.29 is 4.21 Å². The largest absolute Gasteiger partial charge is 0.313 e. The van der Waals surface area contributed by atoms with Gasteiger partial charge in [-0.15, -0.1) is 0 Å². The standard InChI is InChI=1S/C16H31NOS/c1-3-7-13-10-11-15(17-4-2)16(12-13)19(18)14-8-5-6-9-14/h13-17H,3-12H2,1-2H3. The fraction of sp³-hybridized carbons (Fsp3) is 1.00. The maximum absolute atomic E-state index is 12.9. The van der Waals surface area contributed by atoms with E-state index in [2.05, 4.69) is 19.2 Å². The average molecular weight is 285 g/mol. The molecule has 2 aliphatic carbocycles. The lowest BCUT2D eigenvalue weighted by molar-refractivity contribution is 0.285. The highest BCUT2D eigenvalue weighted by molar-refractivity contribution is 7.86. The Labute approximate surface area is 121 Å². The Hall–Kier alpha value is 0.110. The van der Waals surface area contributed by atoms with Crippen LogP contribution in [0.4, 0.5) is 0 Å². The molecule has 2 saturated carbocycles. The smallest absolute Gasteiger partial charge is 0.0506 e. The van der Waals surface area contributed by atoms with E-state index in [1.54, 1.807) is 0 Å². The van der Waals surface area contributed by atoms with Gasteiger partial charge in [0.15, 0.2) is 0 Å². The van der Waals surface area contributed by atoms with Crippen molar-refractivity contribution in [2.45, 2.75) is 88.2 Å². The SMILES string of the molecule is CCCC1CCC(NCC)C(S(=O)C2CCCC2)C1. The van der Waals surface area contributed by atoms with Crippen molar-refractivity contribution in [1.82, 2.24) is 5.32 Å². The minimum absolute atomic E-state index is 0.424. The summed E-state index contributed by atoms with van der Waals surface area (Å²) in [6, 6.07) is 0.513. The van der Waals surface area contributed by atoms with Gasteiger partial charge in [0.1, 0.15) is 0 Å². The molecule has 4 unspecified atom stereocenters. The van der Waals surface area contributed by atoms with E-state index in [9.17, 15) is 4.21 Å². The zero-order valence-corrected chi connectivity index (χ0v) is 13.5. The molecule has 112 valence electrons. The average Bonchev–Trinajstić information content (AvgIpc) is 2.94. The molecule has 0 aromatic heterocycles. The summed E-state index contributed by atoms with van der Waals surface area (Å²) in [5.74, 6) is 0.829. The highest BCUT2D eigenvalue weighted by Gasteiger charge is 2.37.